The third-order valence-corrected chi connectivity index (χ3v) is 4.82. The lowest BCUT2D eigenvalue weighted by Crippen LogP contribution is -2.34. The minimum Gasteiger partial charge on any atom is -0.494 e. The van der Waals surface area contributed by atoms with Gasteiger partial charge in [0.2, 0.25) is 0 Å². The van der Waals surface area contributed by atoms with Gasteiger partial charge in [-0.25, -0.2) is 5.43 Å². The predicted molar refractivity (Wildman–Crippen MR) is 132 cm³/mol. The van der Waals surface area contributed by atoms with E-state index < -0.39 is 5.91 Å². The number of amides is 2. The first kappa shape index (κ1) is 24.5. The second kappa shape index (κ2) is 13.4. The number of ether oxygens (including phenoxy) is 2. The molecule has 0 heterocycles. The number of rotatable bonds is 12. The van der Waals surface area contributed by atoms with Crippen LogP contribution in [0.5, 0.6) is 11.5 Å². The molecule has 34 heavy (non-hydrogen) atoms. The summed E-state index contributed by atoms with van der Waals surface area (Å²) >= 11 is 0. The van der Waals surface area contributed by atoms with Gasteiger partial charge in [0.15, 0.2) is 0 Å². The van der Waals surface area contributed by atoms with Gasteiger partial charge in [0, 0.05) is 5.56 Å². The topological polar surface area (TPSA) is 89.0 Å². The smallest absolute Gasteiger partial charge is 0.259 e. The molecule has 3 rings (SSSR count). The van der Waals surface area contributed by atoms with Crippen LogP contribution in [0.4, 0.5) is 0 Å². The van der Waals surface area contributed by atoms with Crippen LogP contribution >= 0.6 is 0 Å². The summed E-state index contributed by atoms with van der Waals surface area (Å²) in [5, 5.41) is 6.50. The predicted octanol–water partition coefficient (Wildman–Crippen LogP) is 4.32. The molecule has 2 N–H and O–H groups in total. The summed E-state index contributed by atoms with van der Waals surface area (Å²) < 4.78 is 11.3. The number of hydrogen-bond donors (Lipinski definition) is 2. The Bertz CT molecular complexity index is 1070. The Labute approximate surface area is 199 Å². The average Bonchev–Trinajstić information content (AvgIpc) is 2.88. The molecular weight excluding hydrogens is 430 g/mol. The molecule has 0 bridgehead atoms. The van der Waals surface area contributed by atoms with Crippen LogP contribution in [0.3, 0.4) is 0 Å². The van der Waals surface area contributed by atoms with Gasteiger partial charge >= 0.3 is 0 Å². The Hall–Kier alpha value is -4.13. The molecule has 0 unspecified atom stereocenters. The minimum absolute atomic E-state index is 0.183. The molecule has 0 aliphatic heterocycles. The van der Waals surface area contributed by atoms with E-state index in [1.54, 1.807) is 24.3 Å². The second-order valence-corrected chi connectivity index (χ2v) is 7.55. The van der Waals surface area contributed by atoms with Crippen LogP contribution in [0.1, 0.15) is 41.3 Å². The lowest BCUT2D eigenvalue weighted by atomic mass is 10.2. The highest BCUT2D eigenvalue weighted by molar-refractivity contribution is 5.96. The second-order valence-electron chi connectivity index (χ2n) is 7.55. The van der Waals surface area contributed by atoms with Crippen LogP contribution < -0.4 is 20.2 Å². The molecule has 2 amide bonds. The summed E-state index contributed by atoms with van der Waals surface area (Å²) in [6.07, 6.45) is 3.56. The maximum absolute atomic E-state index is 12.2. The summed E-state index contributed by atoms with van der Waals surface area (Å²) in [5.41, 5.74) is 4.75. The van der Waals surface area contributed by atoms with Crippen LogP contribution in [0.2, 0.25) is 0 Å². The zero-order valence-electron chi connectivity index (χ0n) is 19.2. The van der Waals surface area contributed by atoms with Gasteiger partial charge in [-0.15, -0.1) is 0 Å². The molecule has 0 spiro atoms. The quantitative estimate of drug-likeness (QED) is 0.240. The molecule has 0 aromatic heterocycles. The zero-order valence-corrected chi connectivity index (χ0v) is 19.2. The van der Waals surface area contributed by atoms with Gasteiger partial charge in [-0.2, -0.15) is 5.10 Å². The molecule has 0 radical (unpaired) electrons. The standard InChI is InChI=1S/C27H29N3O4/c1-2-3-17-33-24-15-11-23(12-16-24)27(32)28-19-26(31)30-29-18-21-9-13-25(14-10-21)34-20-22-7-5-4-6-8-22/h4-16,18H,2-3,17,19-20H2,1H3,(H,28,32)(H,30,31)/b29-18-. The highest BCUT2D eigenvalue weighted by Crippen LogP contribution is 2.14. The van der Waals surface area contributed by atoms with Crippen molar-refractivity contribution in [2.45, 2.75) is 26.4 Å². The van der Waals surface area contributed by atoms with Gasteiger partial charge in [0.05, 0.1) is 19.4 Å². The Morgan fingerprint density at radius 1 is 0.882 bits per heavy atom. The Kier molecular flexibility index (Phi) is 9.68. The molecule has 0 saturated heterocycles. The first-order valence-electron chi connectivity index (χ1n) is 11.2. The summed E-state index contributed by atoms with van der Waals surface area (Å²) in [6, 6.07) is 24.1. The molecule has 176 valence electrons. The van der Waals surface area contributed by atoms with Gasteiger partial charge in [0.25, 0.3) is 11.8 Å². The molecule has 7 nitrogen and oxygen atoms in total. The largest absolute Gasteiger partial charge is 0.494 e. The van der Waals surface area contributed by atoms with Crippen molar-refractivity contribution in [1.82, 2.24) is 10.7 Å². The number of hydrogen-bond acceptors (Lipinski definition) is 5. The third-order valence-electron chi connectivity index (χ3n) is 4.82. The lowest BCUT2D eigenvalue weighted by Gasteiger charge is -2.07. The van der Waals surface area contributed by atoms with Crippen LogP contribution in [0.15, 0.2) is 84.0 Å². The van der Waals surface area contributed by atoms with E-state index in [9.17, 15) is 9.59 Å². The van der Waals surface area contributed by atoms with E-state index in [0.29, 0.717) is 24.5 Å². The summed E-state index contributed by atoms with van der Waals surface area (Å²) in [5.74, 6) is 0.693. The highest BCUT2D eigenvalue weighted by atomic mass is 16.5. The molecule has 0 fully saturated rings. The molecule has 3 aromatic rings. The molecule has 0 aliphatic carbocycles. The van der Waals surface area contributed by atoms with Crippen molar-refractivity contribution in [3.63, 3.8) is 0 Å². The van der Waals surface area contributed by atoms with Crippen LogP contribution in [0, 0.1) is 0 Å². The molecule has 3 aromatic carbocycles. The normalized spacial score (nSPS) is 10.6. The summed E-state index contributed by atoms with van der Waals surface area (Å²) in [7, 11) is 0. The minimum atomic E-state index is -0.424. The van der Waals surface area contributed by atoms with E-state index in [0.717, 1.165) is 29.7 Å². The number of nitrogens with one attached hydrogen (secondary N) is 2. The van der Waals surface area contributed by atoms with Gasteiger partial charge in [-0.1, -0.05) is 43.7 Å². The first-order valence-corrected chi connectivity index (χ1v) is 11.2. The summed E-state index contributed by atoms with van der Waals surface area (Å²) in [6.45, 7) is 3.05. The van der Waals surface area contributed by atoms with E-state index in [2.05, 4.69) is 22.8 Å². The lowest BCUT2D eigenvalue weighted by molar-refractivity contribution is -0.120. The number of carbonyl (C=O) groups is 2. The van der Waals surface area contributed by atoms with Crippen molar-refractivity contribution in [3.05, 3.63) is 95.6 Å². The average molecular weight is 460 g/mol. The number of carbonyl (C=O) groups excluding carboxylic acids is 2. The molecule has 0 aliphatic rings. The van der Waals surface area contributed by atoms with Crippen LogP contribution in [0.25, 0.3) is 0 Å². The fraction of sp³-hybridized carbons (Fsp3) is 0.222. The van der Waals surface area contributed by atoms with E-state index in [-0.39, 0.29) is 12.5 Å². The Morgan fingerprint density at radius 2 is 1.56 bits per heavy atom. The molecular formula is C27H29N3O4. The fourth-order valence-electron chi connectivity index (χ4n) is 2.91. The van der Waals surface area contributed by atoms with Crippen molar-refractivity contribution >= 4 is 18.0 Å². The number of nitrogens with zero attached hydrogens (tertiary/aromatic N) is 1. The molecule has 0 saturated carbocycles. The zero-order chi connectivity index (χ0) is 24.0. The number of unbranched alkanes of at least 4 members (excludes halogenated alkanes) is 1. The fourth-order valence-corrected chi connectivity index (χ4v) is 2.91. The van der Waals surface area contributed by atoms with Gasteiger partial charge in [0.1, 0.15) is 18.1 Å². The van der Waals surface area contributed by atoms with Crippen LogP contribution in [-0.2, 0) is 11.4 Å². The van der Waals surface area contributed by atoms with E-state index >= 15 is 0 Å². The number of benzene rings is 3. The Morgan fingerprint density at radius 3 is 2.26 bits per heavy atom. The first-order chi connectivity index (χ1) is 16.6. The Balaban J connectivity index is 1.37. The van der Waals surface area contributed by atoms with Crippen molar-refractivity contribution in [1.29, 1.82) is 0 Å². The van der Waals surface area contributed by atoms with Crippen molar-refractivity contribution in [2.24, 2.45) is 5.10 Å². The summed E-state index contributed by atoms with van der Waals surface area (Å²) in [4.78, 5) is 24.2. The van der Waals surface area contributed by atoms with Gasteiger partial charge < -0.3 is 14.8 Å². The monoisotopic (exact) mass is 459 g/mol. The number of hydrazone groups is 1. The van der Waals surface area contributed by atoms with Crippen molar-refractivity contribution in [3.8, 4) is 11.5 Å². The maximum Gasteiger partial charge on any atom is 0.259 e. The van der Waals surface area contributed by atoms with Crippen LogP contribution in [-0.4, -0.2) is 31.2 Å². The van der Waals surface area contributed by atoms with E-state index in [4.69, 9.17) is 9.47 Å². The van der Waals surface area contributed by atoms with E-state index in [1.165, 1.54) is 6.21 Å². The molecule has 0 atom stereocenters. The molecule has 7 heteroatoms. The third kappa shape index (κ3) is 8.43. The van der Waals surface area contributed by atoms with Gasteiger partial charge in [-0.05, 0) is 66.1 Å². The van der Waals surface area contributed by atoms with E-state index in [1.807, 2.05) is 54.6 Å². The van der Waals surface area contributed by atoms with Crippen molar-refractivity contribution < 1.29 is 19.1 Å². The highest BCUT2D eigenvalue weighted by Gasteiger charge is 2.08. The maximum atomic E-state index is 12.2. The van der Waals surface area contributed by atoms with Crippen molar-refractivity contribution in [2.75, 3.05) is 13.2 Å². The van der Waals surface area contributed by atoms with Gasteiger partial charge in [-0.3, -0.25) is 9.59 Å². The SMILES string of the molecule is CCCCOc1ccc(C(=O)NCC(=O)N/N=C\c2ccc(OCc3ccccc3)cc2)cc1.